The Balaban J connectivity index is 2.32. The Labute approximate surface area is 191 Å². The van der Waals surface area contributed by atoms with Crippen LogP contribution in [0, 0.1) is 11.8 Å². The molecule has 0 spiro atoms. The predicted octanol–water partition coefficient (Wildman–Crippen LogP) is 1.93. The summed E-state index contributed by atoms with van der Waals surface area (Å²) in [6, 6.07) is 11.9. The van der Waals surface area contributed by atoms with Gasteiger partial charge in [0.25, 0.3) is 0 Å². The SMILES string of the molecule is CCOC(=O)C1(C(=O)OCC)N[C@H](c2cccc3ccccc23)[C@H](C(=O)OC)[C@@H]1C(=O)OC. The number of hydrogen-bond donors (Lipinski definition) is 1. The fourth-order valence-corrected chi connectivity index (χ4v) is 4.48. The van der Waals surface area contributed by atoms with Crippen LogP contribution in [0.3, 0.4) is 0 Å². The van der Waals surface area contributed by atoms with Gasteiger partial charge < -0.3 is 18.9 Å². The Kier molecular flexibility index (Phi) is 7.33. The molecule has 1 aliphatic heterocycles. The number of rotatable bonds is 7. The standard InChI is InChI=1S/C24H27NO8/c1-5-32-22(28)24(23(29)33-6-2)18(21(27)31-4)17(20(26)30-3)19(25-24)16-13-9-11-14-10-7-8-12-15(14)16/h7-13,17-19,25H,5-6H2,1-4H3/t17-,18-,19-/m1/s1. The topological polar surface area (TPSA) is 117 Å². The van der Waals surface area contributed by atoms with Crippen molar-refractivity contribution in [2.45, 2.75) is 25.4 Å². The fourth-order valence-electron chi connectivity index (χ4n) is 4.48. The maximum Gasteiger partial charge on any atom is 0.339 e. The lowest BCUT2D eigenvalue weighted by Gasteiger charge is -2.30. The summed E-state index contributed by atoms with van der Waals surface area (Å²) in [7, 11) is 2.29. The number of fused-ring (bicyclic) bond motifs is 1. The molecular formula is C24H27NO8. The second kappa shape index (κ2) is 9.99. The van der Waals surface area contributed by atoms with Gasteiger partial charge in [-0.3, -0.25) is 14.9 Å². The highest BCUT2D eigenvalue weighted by Gasteiger charge is 2.70. The van der Waals surface area contributed by atoms with E-state index in [2.05, 4.69) is 5.32 Å². The van der Waals surface area contributed by atoms with E-state index in [1.807, 2.05) is 30.3 Å². The second-order valence-electron chi connectivity index (χ2n) is 7.49. The van der Waals surface area contributed by atoms with E-state index in [1.165, 1.54) is 7.11 Å². The molecular weight excluding hydrogens is 430 g/mol. The first-order valence-corrected chi connectivity index (χ1v) is 10.6. The predicted molar refractivity (Wildman–Crippen MR) is 117 cm³/mol. The minimum atomic E-state index is -2.31. The molecule has 0 aromatic heterocycles. The van der Waals surface area contributed by atoms with Gasteiger partial charge in [0.2, 0.25) is 5.54 Å². The van der Waals surface area contributed by atoms with Crippen LogP contribution in [0.2, 0.25) is 0 Å². The van der Waals surface area contributed by atoms with E-state index in [0.717, 1.165) is 17.9 Å². The van der Waals surface area contributed by atoms with Crippen molar-refractivity contribution in [3.8, 4) is 0 Å². The molecule has 2 aromatic rings. The summed E-state index contributed by atoms with van der Waals surface area (Å²) in [5, 5.41) is 4.61. The lowest BCUT2D eigenvalue weighted by Crippen LogP contribution is -2.62. The summed E-state index contributed by atoms with van der Waals surface area (Å²) >= 11 is 0. The van der Waals surface area contributed by atoms with Gasteiger partial charge in [-0.05, 0) is 30.2 Å². The number of benzene rings is 2. The average Bonchev–Trinajstić information content (AvgIpc) is 3.20. The van der Waals surface area contributed by atoms with Crippen LogP contribution in [0.4, 0.5) is 0 Å². The van der Waals surface area contributed by atoms with Crippen LogP contribution in [0.5, 0.6) is 0 Å². The average molecular weight is 457 g/mol. The summed E-state index contributed by atoms with van der Waals surface area (Å²) in [4.78, 5) is 52.6. The highest BCUT2D eigenvalue weighted by Crippen LogP contribution is 2.47. The van der Waals surface area contributed by atoms with Crippen LogP contribution >= 0.6 is 0 Å². The van der Waals surface area contributed by atoms with E-state index >= 15 is 0 Å². The van der Waals surface area contributed by atoms with Gasteiger partial charge in [-0.1, -0.05) is 42.5 Å². The van der Waals surface area contributed by atoms with Crippen molar-refractivity contribution in [1.82, 2.24) is 5.32 Å². The first-order valence-electron chi connectivity index (χ1n) is 10.6. The molecule has 3 rings (SSSR count). The van der Waals surface area contributed by atoms with Gasteiger partial charge >= 0.3 is 23.9 Å². The molecule has 9 heteroatoms. The molecule has 0 amide bonds. The number of esters is 4. The summed E-state index contributed by atoms with van der Waals surface area (Å²) in [5.74, 6) is -6.65. The summed E-state index contributed by atoms with van der Waals surface area (Å²) in [5.41, 5.74) is -1.70. The third-order valence-corrected chi connectivity index (χ3v) is 5.85. The molecule has 3 atom stereocenters. The summed E-state index contributed by atoms with van der Waals surface area (Å²) in [6.45, 7) is 3.02. The van der Waals surface area contributed by atoms with Gasteiger partial charge in [0.15, 0.2) is 0 Å². The Bertz CT molecular complexity index is 1040. The fraction of sp³-hybridized carbons (Fsp3) is 0.417. The third-order valence-electron chi connectivity index (χ3n) is 5.85. The van der Waals surface area contributed by atoms with Crippen molar-refractivity contribution in [2.24, 2.45) is 11.8 Å². The van der Waals surface area contributed by atoms with E-state index in [0.29, 0.717) is 5.56 Å². The molecule has 33 heavy (non-hydrogen) atoms. The Morgan fingerprint density at radius 2 is 1.42 bits per heavy atom. The first kappa shape index (κ1) is 24.2. The first-order chi connectivity index (χ1) is 15.9. The zero-order valence-electron chi connectivity index (χ0n) is 19.0. The minimum Gasteiger partial charge on any atom is -0.469 e. The third kappa shape index (κ3) is 4.04. The van der Waals surface area contributed by atoms with Crippen molar-refractivity contribution in [3.05, 3.63) is 48.0 Å². The van der Waals surface area contributed by atoms with Crippen molar-refractivity contribution in [2.75, 3.05) is 27.4 Å². The second-order valence-corrected chi connectivity index (χ2v) is 7.49. The van der Waals surface area contributed by atoms with Gasteiger partial charge in [-0.15, -0.1) is 0 Å². The molecule has 1 heterocycles. The molecule has 1 N–H and O–H groups in total. The van der Waals surface area contributed by atoms with Crippen LogP contribution in [0.25, 0.3) is 10.8 Å². The maximum atomic E-state index is 13.3. The molecule has 1 aliphatic rings. The smallest absolute Gasteiger partial charge is 0.339 e. The van der Waals surface area contributed by atoms with Gasteiger partial charge in [-0.25, -0.2) is 9.59 Å². The molecule has 0 unspecified atom stereocenters. The normalized spacial score (nSPS) is 21.3. The molecule has 2 aromatic carbocycles. The Morgan fingerprint density at radius 3 is 2.00 bits per heavy atom. The quantitative estimate of drug-likeness (QED) is 0.378. The lowest BCUT2D eigenvalue weighted by molar-refractivity contribution is -0.175. The Morgan fingerprint density at radius 1 is 0.848 bits per heavy atom. The summed E-state index contributed by atoms with van der Waals surface area (Å²) < 4.78 is 20.3. The molecule has 0 saturated carbocycles. The zero-order chi connectivity index (χ0) is 24.2. The molecule has 9 nitrogen and oxygen atoms in total. The van der Waals surface area contributed by atoms with Crippen LogP contribution < -0.4 is 5.32 Å². The van der Waals surface area contributed by atoms with E-state index in [9.17, 15) is 19.2 Å². The highest BCUT2D eigenvalue weighted by molar-refractivity contribution is 6.11. The van der Waals surface area contributed by atoms with Gasteiger partial charge in [0.1, 0.15) is 5.92 Å². The monoisotopic (exact) mass is 457 g/mol. The number of hydrogen-bond acceptors (Lipinski definition) is 9. The molecule has 1 saturated heterocycles. The van der Waals surface area contributed by atoms with Crippen LogP contribution in [-0.2, 0) is 38.1 Å². The van der Waals surface area contributed by atoms with E-state index in [4.69, 9.17) is 18.9 Å². The van der Waals surface area contributed by atoms with Crippen LogP contribution in [-0.4, -0.2) is 56.8 Å². The van der Waals surface area contributed by atoms with E-state index in [-0.39, 0.29) is 13.2 Å². The van der Waals surface area contributed by atoms with Crippen molar-refractivity contribution >= 4 is 34.6 Å². The summed E-state index contributed by atoms with van der Waals surface area (Å²) in [6.07, 6.45) is 0. The largest absolute Gasteiger partial charge is 0.469 e. The van der Waals surface area contributed by atoms with Gasteiger partial charge in [0.05, 0.1) is 33.4 Å². The zero-order valence-corrected chi connectivity index (χ0v) is 19.0. The lowest BCUT2D eigenvalue weighted by atomic mass is 9.77. The number of nitrogens with one attached hydrogen (secondary N) is 1. The van der Waals surface area contributed by atoms with Gasteiger partial charge in [-0.2, -0.15) is 0 Å². The van der Waals surface area contributed by atoms with Crippen LogP contribution in [0.1, 0.15) is 25.5 Å². The van der Waals surface area contributed by atoms with Crippen molar-refractivity contribution in [3.63, 3.8) is 0 Å². The highest BCUT2D eigenvalue weighted by atomic mass is 16.6. The number of carbonyl (C=O) groups is 4. The van der Waals surface area contributed by atoms with E-state index < -0.39 is 47.3 Å². The van der Waals surface area contributed by atoms with Gasteiger partial charge in [0, 0.05) is 6.04 Å². The molecule has 0 radical (unpaired) electrons. The molecule has 176 valence electrons. The molecule has 0 aliphatic carbocycles. The number of methoxy groups -OCH3 is 2. The van der Waals surface area contributed by atoms with Crippen molar-refractivity contribution < 1.29 is 38.1 Å². The van der Waals surface area contributed by atoms with Crippen molar-refractivity contribution in [1.29, 1.82) is 0 Å². The Hall–Kier alpha value is -3.46. The molecule has 1 fully saturated rings. The number of ether oxygens (including phenoxy) is 4. The van der Waals surface area contributed by atoms with E-state index in [1.54, 1.807) is 26.0 Å². The maximum absolute atomic E-state index is 13.3. The number of carbonyl (C=O) groups excluding carboxylic acids is 4. The minimum absolute atomic E-state index is 0.0581. The van der Waals surface area contributed by atoms with Crippen LogP contribution in [0.15, 0.2) is 42.5 Å². The molecule has 0 bridgehead atoms.